The van der Waals surface area contributed by atoms with E-state index in [2.05, 4.69) is 20.3 Å². The lowest BCUT2D eigenvalue weighted by molar-refractivity contribution is -0.116. The fraction of sp³-hybridized carbons (Fsp3) is 0.500. The van der Waals surface area contributed by atoms with Crippen molar-refractivity contribution in [1.82, 2.24) is 19.5 Å². The molecule has 2 N–H and O–H groups in total. The van der Waals surface area contributed by atoms with Gasteiger partial charge in [-0.1, -0.05) is 12.1 Å². The van der Waals surface area contributed by atoms with Gasteiger partial charge >= 0.3 is 0 Å². The third-order valence-corrected chi connectivity index (χ3v) is 5.90. The second kappa shape index (κ2) is 11.3. The number of carbonyl (C=O) groups is 1. The fourth-order valence-corrected chi connectivity index (χ4v) is 4.11. The van der Waals surface area contributed by atoms with Crippen molar-refractivity contribution in [2.45, 2.75) is 39.7 Å². The first-order valence-electron chi connectivity index (χ1n) is 11.8. The standard InChI is InChI=1S/C24H32N6O4/c1-3-33-14-6-11-30-20-8-5-4-7-19(20)26-24(30)27-21(31)10-9-18-17(2)25-23(28-22(18)32)29-12-15-34-16-13-29/h4-5,7-8H,3,6,9-16H2,1-2H3,(H,25,28,32)(H,26,27,31). The molecule has 0 bridgehead atoms. The van der Waals surface area contributed by atoms with Gasteiger partial charge in [-0.2, -0.15) is 0 Å². The summed E-state index contributed by atoms with van der Waals surface area (Å²) in [6.07, 6.45) is 1.27. The van der Waals surface area contributed by atoms with Crippen LogP contribution in [-0.2, 0) is 27.2 Å². The van der Waals surface area contributed by atoms with Gasteiger partial charge in [-0.3, -0.25) is 19.9 Å². The minimum Gasteiger partial charge on any atom is -0.382 e. The molecule has 0 radical (unpaired) electrons. The Morgan fingerprint density at radius 1 is 1.24 bits per heavy atom. The Morgan fingerprint density at radius 3 is 2.79 bits per heavy atom. The number of anilines is 2. The molecule has 10 heteroatoms. The Balaban J connectivity index is 1.42. The van der Waals surface area contributed by atoms with Crippen LogP contribution in [0.1, 0.15) is 31.0 Å². The van der Waals surface area contributed by atoms with Gasteiger partial charge in [-0.15, -0.1) is 0 Å². The molecular formula is C24H32N6O4. The highest BCUT2D eigenvalue weighted by molar-refractivity contribution is 5.91. The van der Waals surface area contributed by atoms with Crippen molar-refractivity contribution in [1.29, 1.82) is 0 Å². The summed E-state index contributed by atoms with van der Waals surface area (Å²) in [7, 11) is 0. The second-order valence-corrected chi connectivity index (χ2v) is 8.23. The SMILES string of the molecule is CCOCCCn1c(NC(=O)CCc2c(C)nc(N3CCOCC3)[nH]c2=O)nc2ccccc21. The number of nitrogens with zero attached hydrogens (tertiary/aromatic N) is 4. The zero-order chi connectivity index (χ0) is 23.9. The number of carbonyl (C=O) groups excluding carboxylic acids is 1. The summed E-state index contributed by atoms with van der Waals surface area (Å²) >= 11 is 0. The molecule has 10 nitrogen and oxygen atoms in total. The lowest BCUT2D eigenvalue weighted by Crippen LogP contribution is -2.38. The number of H-pyrrole nitrogens is 1. The van der Waals surface area contributed by atoms with Crippen LogP contribution in [0.5, 0.6) is 0 Å². The predicted molar refractivity (Wildman–Crippen MR) is 130 cm³/mol. The van der Waals surface area contributed by atoms with Crippen molar-refractivity contribution in [3.8, 4) is 0 Å². The van der Waals surface area contributed by atoms with Crippen LogP contribution in [-0.4, -0.2) is 64.9 Å². The van der Waals surface area contributed by atoms with Gasteiger partial charge < -0.3 is 18.9 Å². The van der Waals surface area contributed by atoms with Crippen LogP contribution >= 0.6 is 0 Å². The van der Waals surface area contributed by atoms with Crippen molar-refractivity contribution in [3.05, 3.63) is 45.9 Å². The first kappa shape index (κ1) is 23.9. The maximum absolute atomic E-state index is 12.8. The third-order valence-electron chi connectivity index (χ3n) is 5.90. The van der Waals surface area contributed by atoms with Crippen molar-refractivity contribution < 1.29 is 14.3 Å². The number of para-hydroxylation sites is 2. The fourth-order valence-electron chi connectivity index (χ4n) is 4.11. The monoisotopic (exact) mass is 468 g/mol. The molecular weight excluding hydrogens is 436 g/mol. The zero-order valence-electron chi connectivity index (χ0n) is 19.8. The van der Waals surface area contributed by atoms with E-state index in [0.717, 1.165) is 17.5 Å². The number of morpholine rings is 1. The molecule has 0 saturated carbocycles. The molecule has 3 aromatic rings. The molecule has 0 atom stereocenters. The molecule has 0 unspecified atom stereocenters. The first-order chi connectivity index (χ1) is 16.6. The smallest absolute Gasteiger partial charge is 0.255 e. The summed E-state index contributed by atoms with van der Waals surface area (Å²) in [5.41, 5.74) is 2.75. The third kappa shape index (κ3) is 5.63. The van der Waals surface area contributed by atoms with Crippen LogP contribution in [0, 0.1) is 6.92 Å². The number of aromatic amines is 1. The first-order valence-corrected chi connectivity index (χ1v) is 11.8. The highest BCUT2D eigenvalue weighted by atomic mass is 16.5. The Hall–Kier alpha value is -3.24. The number of nitrogens with one attached hydrogen (secondary N) is 2. The number of benzene rings is 1. The van der Waals surface area contributed by atoms with Gasteiger partial charge in [0, 0.05) is 50.5 Å². The quantitative estimate of drug-likeness (QED) is 0.439. The normalized spacial score (nSPS) is 14.0. The van der Waals surface area contributed by atoms with E-state index < -0.39 is 0 Å². The van der Waals surface area contributed by atoms with Gasteiger partial charge in [-0.05, 0) is 38.8 Å². The highest BCUT2D eigenvalue weighted by Gasteiger charge is 2.18. The summed E-state index contributed by atoms with van der Waals surface area (Å²) in [5, 5.41) is 2.93. The topological polar surface area (TPSA) is 114 Å². The van der Waals surface area contributed by atoms with E-state index in [4.69, 9.17) is 9.47 Å². The van der Waals surface area contributed by atoms with Crippen LogP contribution in [0.4, 0.5) is 11.9 Å². The van der Waals surface area contributed by atoms with Crippen LogP contribution in [0.3, 0.4) is 0 Å². The van der Waals surface area contributed by atoms with Crippen molar-refractivity contribution in [2.75, 3.05) is 49.7 Å². The molecule has 34 heavy (non-hydrogen) atoms. The number of hydrogen-bond acceptors (Lipinski definition) is 7. The number of aryl methyl sites for hydroxylation is 2. The van der Waals surface area contributed by atoms with Gasteiger partial charge in [0.05, 0.1) is 24.2 Å². The second-order valence-electron chi connectivity index (χ2n) is 8.23. The van der Waals surface area contributed by atoms with Gasteiger partial charge in [0.25, 0.3) is 5.56 Å². The summed E-state index contributed by atoms with van der Waals surface area (Å²) < 4.78 is 12.8. The number of rotatable bonds is 10. The largest absolute Gasteiger partial charge is 0.382 e. The Bertz CT molecular complexity index is 1180. The van der Waals surface area contributed by atoms with Crippen molar-refractivity contribution in [3.63, 3.8) is 0 Å². The van der Waals surface area contributed by atoms with E-state index in [9.17, 15) is 9.59 Å². The zero-order valence-corrected chi connectivity index (χ0v) is 19.8. The van der Waals surface area contributed by atoms with Crippen LogP contribution in [0.2, 0.25) is 0 Å². The Kier molecular flexibility index (Phi) is 7.91. The molecule has 0 spiro atoms. The maximum atomic E-state index is 12.8. The predicted octanol–water partition coefficient (Wildman–Crippen LogP) is 2.26. The Labute approximate surface area is 198 Å². The number of ether oxygens (including phenoxy) is 2. The lowest BCUT2D eigenvalue weighted by Gasteiger charge is -2.27. The van der Waals surface area contributed by atoms with Crippen molar-refractivity contribution in [2.24, 2.45) is 0 Å². The van der Waals surface area contributed by atoms with Gasteiger partial charge in [0.15, 0.2) is 0 Å². The maximum Gasteiger partial charge on any atom is 0.255 e. The van der Waals surface area contributed by atoms with Crippen LogP contribution in [0.15, 0.2) is 29.1 Å². The van der Waals surface area contributed by atoms with E-state index in [-0.39, 0.29) is 17.9 Å². The summed E-state index contributed by atoms with van der Waals surface area (Å²) in [6, 6.07) is 7.79. The molecule has 0 aliphatic carbocycles. The number of hydrogen-bond donors (Lipinski definition) is 2. The minimum atomic E-state index is -0.204. The molecule has 4 rings (SSSR count). The highest BCUT2D eigenvalue weighted by Crippen LogP contribution is 2.20. The molecule has 1 amide bonds. The average molecular weight is 469 g/mol. The number of amides is 1. The van der Waals surface area contributed by atoms with E-state index in [1.807, 2.05) is 47.6 Å². The summed E-state index contributed by atoms with van der Waals surface area (Å²) in [6.45, 7) is 8.39. The molecule has 1 fully saturated rings. The van der Waals surface area contributed by atoms with Crippen LogP contribution in [0.25, 0.3) is 11.0 Å². The number of fused-ring (bicyclic) bond motifs is 1. The summed E-state index contributed by atoms with van der Waals surface area (Å²) in [5.74, 6) is 0.867. The molecule has 1 saturated heterocycles. The van der Waals surface area contributed by atoms with Gasteiger partial charge in [0.1, 0.15) is 0 Å². The molecule has 1 aliphatic rings. The number of aromatic nitrogens is 4. The molecule has 182 valence electrons. The van der Waals surface area contributed by atoms with Gasteiger partial charge in [-0.25, -0.2) is 9.97 Å². The number of imidazole rings is 1. The van der Waals surface area contributed by atoms with Crippen LogP contribution < -0.4 is 15.8 Å². The minimum absolute atomic E-state index is 0.157. The van der Waals surface area contributed by atoms with Crippen molar-refractivity contribution >= 4 is 28.8 Å². The molecule has 3 heterocycles. The average Bonchev–Trinajstić information content (AvgIpc) is 3.18. The van der Waals surface area contributed by atoms with Gasteiger partial charge in [0.2, 0.25) is 17.8 Å². The van der Waals surface area contributed by atoms with E-state index >= 15 is 0 Å². The van der Waals surface area contributed by atoms with E-state index in [1.54, 1.807) is 0 Å². The Morgan fingerprint density at radius 2 is 2.03 bits per heavy atom. The molecule has 2 aromatic heterocycles. The van der Waals surface area contributed by atoms with E-state index in [1.165, 1.54) is 0 Å². The molecule has 1 aromatic carbocycles. The lowest BCUT2D eigenvalue weighted by atomic mass is 10.1. The van der Waals surface area contributed by atoms with E-state index in [0.29, 0.717) is 75.6 Å². The summed E-state index contributed by atoms with van der Waals surface area (Å²) in [4.78, 5) is 39.5. The molecule has 1 aliphatic heterocycles.